The molecule has 0 bridgehead atoms. The molecular weight excluding hydrogens is 420 g/mol. The highest BCUT2D eigenvalue weighted by Crippen LogP contribution is 2.77. The molecular formula is C31H48O3. The van der Waals surface area contributed by atoms with Crippen LogP contribution in [0.1, 0.15) is 105 Å². The van der Waals surface area contributed by atoms with E-state index in [9.17, 15) is 9.59 Å². The van der Waals surface area contributed by atoms with Gasteiger partial charge in [0.1, 0.15) is 6.29 Å². The van der Waals surface area contributed by atoms with Crippen LogP contribution >= 0.6 is 0 Å². The Morgan fingerprint density at radius 2 is 1.59 bits per heavy atom. The van der Waals surface area contributed by atoms with E-state index in [1.54, 1.807) is 7.11 Å². The summed E-state index contributed by atoms with van der Waals surface area (Å²) in [6, 6.07) is 0. The SMILES string of the molecule is C=C(C=O)[C@@H]1CC[C@]2(C(=O)OC)CC[C@]3(C)[C@H](CC[C@@H]4[C@@]5(C)CCCC(C)(C)[C@@H]5CC[C@]43C)[C@@H]12. The predicted molar refractivity (Wildman–Crippen MR) is 136 cm³/mol. The Labute approximate surface area is 207 Å². The summed E-state index contributed by atoms with van der Waals surface area (Å²) in [6.07, 6.45) is 14.0. The molecule has 0 N–H and O–H groups in total. The zero-order valence-corrected chi connectivity index (χ0v) is 22.7. The molecule has 5 fully saturated rings. The van der Waals surface area contributed by atoms with Crippen molar-refractivity contribution in [2.24, 2.45) is 56.7 Å². The second-order valence-corrected chi connectivity index (χ2v) is 14.5. The van der Waals surface area contributed by atoms with E-state index in [0.29, 0.717) is 22.3 Å². The van der Waals surface area contributed by atoms with Crippen LogP contribution in [-0.4, -0.2) is 19.4 Å². The van der Waals surface area contributed by atoms with E-state index in [-0.39, 0.29) is 28.6 Å². The highest BCUT2D eigenvalue weighted by Gasteiger charge is 2.71. The van der Waals surface area contributed by atoms with Crippen molar-refractivity contribution in [2.45, 2.75) is 105 Å². The molecule has 0 amide bonds. The van der Waals surface area contributed by atoms with Crippen molar-refractivity contribution in [3.63, 3.8) is 0 Å². The minimum absolute atomic E-state index is 0.0299. The summed E-state index contributed by atoms with van der Waals surface area (Å²) in [5.41, 5.74) is 1.62. The maximum absolute atomic E-state index is 13.3. The van der Waals surface area contributed by atoms with Crippen molar-refractivity contribution >= 4 is 12.3 Å². The molecule has 0 radical (unpaired) electrons. The number of allylic oxidation sites excluding steroid dienone is 1. The third-order valence-corrected chi connectivity index (χ3v) is 13.4. The number of methoxy groups -OCH3 is 1. The van der Waals surface area contributed by atoms with Crippen LogP contribution < -0.4 is 0 Å². The first-order chi connectivity index (χ1) is 15.9. The van der Waals surface area contributed by atoms with Gasteiger partial charge < -0.3 is 4.74 Å². The standard InChI is InChI=1S/C31H48O3/c1-20(19-32)21-11-16-31(26(33)34-7)18-17-29(5)22(25(21)31)9-10-24-28(4)14-8-13-27(2,3)23(28)12-15-30(24,29)6/h19,21-25H,1,8-18H2,2-7H3/t21-,22+,23-,24+,25+,28-,29+,30+,31-/m0/s1. The summed E-state index contributed by atoms with van der Waals surface area (Å²) in [7, 11) is 1.55. The van der Waals surface area contributed by atoms with Crippen molar-refractivity contribution in [3.8, 4) is 0 Å². The first-order valence-electron chi connectivity index (χ1n) is 14.1. The zero-order valence-electron chi connectivity index (χ0n) is 22.7. The molecule has 0 unspecified atom stereocenters. The molecule has 3 nitrogen and oxygen atoms in total. The Bertz CT molecular complexity index is 889. The van der Waals surface area contributed by atoms with Crippen molar-refractivity contribution in [2.75, 3.05) is 7.11 Å². The van der Waals surface area contributed by atoms with Crippen molar-refractivity contribution < 1.29 is 14.3 Å². The Kier molecular flexibility index (Phi) is 5.56. The fourth-order valence-electron chi connectivity index (χ4n) is 11.7. The molecule has 0 saturated heterocycles. The number of fused-ring (bicyclic) bond motifs is 7. The molecule has 9 atom stereocenters. The molecule has 0 aromatic rings. The summed E-state index contributed by atoms with van der Waals surface area (Å²) in [6.45, 7) is 17.1. The quantitative estimate of drug-likeness (QED) is 0.246. The molecule has 5 aliphatic rings. The van der Waals surface area contributed by atoms with Gasteiger partial charge in [0, 0.05) is 0 Å². The Morgan fingerprint density at radius 3 is 2.26 bits per heavy atom. The molecule has 5 rings (SSSR count). The molecule has 34 heavy (non-hydrogen) atoms. The zero-order chi connectivity index (χ0) is 24.7. The second-order valence-electron chi connectivity index (χ2n) is 14.5. The fourth-order valence-corrected chi connectivity index (χ4v) is 11.7. The van der Waals surface area contributed by atoms with Crippen molar-refractivity contribution in [1.82, 2.24) is 0 Å². The van der Waals surface area contributed by atoms with E-state index in [2.05, 4.69) is 41.2 Å². The van der Waals surface area contributed by atoms with Gasteiger partial charge >= 0.3 is 5.97 Å². The number of hydrogen-bond acceptors (Lipinski definition) is 3. The van der Waals surface area contributed by atoms with Crippen LogP contribution in [0.3, 0.4) is 0 Å². The minimum atomic E-state index is -0.424. The predicted octanol–water partition coefficient (Wildman–Crippen LogP) is 7.39. The van der Waals surface area contributed by atoms with E-state index < -0.39 is 5.41 Å². The Balaban J connectivity index is 1.57. The number of rotatable bonds is 3. The molecule has 0 aliphatic heterocycles. The molecule has 0 spiro atoms. The normalized spacial score (nSPS) is 51.3. The van der Waals surface area contributed by atoms with Gasteiger partial charge in [0.25, 0.3) is 0 Å². The summed E-state index contributed by atoms with van der Waals surface area (Å²) < 4.78 is 5.45. The lowest BCUT2D eigenvalue weighted by Crippen LogP contribution is -2.66. The third kappa shape index (κ3) is 2.88. The maximum atomic E-state index is 13.3. The Morgan fingerprint density at radius 1 is 0.853 bits per heavy atom. The van der Waals surface area contributed by atoms with Gasteiger partial charge in [0.2, 0.25) is 0 Å². The number of hydrogen-bond donors (Lipinski definition) is 0. The first-order valence-corrected chi connectivity index (χ1v) is 14.1. The topological polar surface area (TPSA) is 43.4 Å². The van der Waals surface area contributed by atoms with Crippen LogP contribution in [-0.2, 0) is 14.3 Å². The highest BCUT2D eigenvalue weighted by molar-refractivity contribution is 5.80. The van der Waals surface area contributed by atoms with Crippen LogP contribution in [0, 0.1) is 56.7 Å². The largest absolute Gasteiger partial charge is 0.469 e. The molecule has 5 saturated carbocycles. The van der Waals surface area contributed by atoms with Crippen LogP contribution in [0.25, 0.3) is 0 Å². The average molecular weight is 469 g/mol. The maximum Gasteiger partial charge on any atom is 0.312 e. The summed E-state index contributed by atoms with van der Waals surface area (Å²) in [4.78, 5) is 25.2. The van der Waals surface area contributed by atoms with E-state index >= 15 is 0 Å². The van der Waals surface area contributed by atoms with Crippen LogP contribution in [0.15, 0.2) is 12.2 Å². The number of carbonyl (C=O) groups is 2. The lowest BCUT2D eigenvalue weighted by molar-refractivity contribution is -0.238. The number of esters is 1. The lowest BCUT2D eigenvalue weighted by atomic mass is 9.32. The van der Waals surface area contributed by atoms with Crippen molar-refractivity contribution in [1.29, 1.82) is 0 Å². The number of aldehydes is 1. The van der Waals surface area contributed by atoms with Gasteiger partial charge in [0.15, 0.2) is 0 Å². The van der Waals surface area contributed by atoms with Gasteiger partial charge in [-0.3, -0.25) is 9.59 Å². The fraction of sp³-hybridized carbons (Fsp3) is 0.871. The molecule has 3 heteroatoms. The molecule has 5 aliphatic carbocycles. The lowest BCUT2D eigenvalue weighted by Gasteiger charge is -2.72. The monoisotopic (exact) mass is 468 g/mol. The van der Waals surface area contributed by atoms with E-state index in [0.717, 1.165) is 43.8 Å². The first kappa shape index (κ1) is 24.6. The van der Waals surface area contributed by atoms with Gasteiger partial charge in [-0.15, -0.1) is 0 Å². The van der Waals surface area contributed by atoms with Gasteiger partial charge in [-0.2, -0.15) is 0 Å². The average Bonchev–Trinajstić information content (AvgIpc) is 3.18. The van der Waals surface area contributed by atoms with Gasteiger partial charge in [-0.1, -0.05) is 47.6 Å². The third-order valence-electron chi connectivity index (χ3n) is 13.4. The van der Waals surface area contributed by atoms with Crippen LogP contribution in [0.5, 0.6) is 0 Å². The van der Waals surface area contributed by atoms with Crippen molar-refractivity contribution in [3.05, 3.63) is 12.2 Å². The van der Waals surface area contributed by atoms with E-state index in [1.807, 2.05) is 0 Å². The molecule has 0 heterocycles. The van der Waals surface area contributed by atoms with Crippen LogP contribution in [0.4, 0.5) is 0 Å². The molecule has 190 valence electrons. The number of ether oxygens (including phenoxy) is 1. The van der Waals surface area contributed by atoms with Gasteiger partial charge in [-0.25, -0.2) is 0 Å². The smallest absolute Gasteiger partial charge is 0.312 e. The molecule has 0 aromatic carbocycles. The highest BCUT2D eigenvalue weighted by atomic mass is 16.5. The molecule has 0 aromatic heterocycles. The van der Waals surface area contributed by atoms with Crippen LogP contribution in [0.2, 0.25) is 0 Å². The van der Waals surface area contributed by atoms with Gasteiger partial charge in [-0.05, 0) is 121 Å². The van der Waals surface area contributed by atoms with E-state index in [1.165, 1.54) is 44.9 Å². The van der Waals surface area contributed by atoms with Gasteiger partial charge in [0.05, 0.1) is 12.5 Å². The summed E-state index contributed by atoms with van der Waals surface area (Å²) >= 11 is 0. The number of carbonyl (C=O) groups excluding carboxylic acids is 2. The second kappa shape index (κ2) is 7.69. The summed E-state index contributed by atoms with van der Waals surface area (Å²) in [5.74, 6) is 2.32. The summed E-state index contributed by atoms with van der Waals surface area (Å²) in [5, 5.41) is 0. The minimum Gasteiger partial charge on any atom is -0.469 e. The van der Waals surface area contributed by atoms with E-state index in [4.69, 9.17) is 4.74 Å². The Hall–Kier alpha value is -1.12.